The van der Waals surface area contributed by atoms with Crippen molar-refractivity contribution in [1.82, 2.24) is 5.32 Å². The van der Waals surface area contributed by atoms with Gasteiger partial charge in [0.2, 0.25) is 0 Å². The van der Waals surface area contributed by atoms with Gasteiger partial charge in [-0.1, -0.05) is 32.3 Å². The van der Waals surface area contributed by atoms with E-state index in [1.54, 1.807) is 6.08 Å². The SMILES string of the molecule is CCCCCCN[C@@H]1C=C(CO)[C@@H](O)[C@H](O)C1O. The fourth-order valence-electron chi connectivity index (χ4n) is 2.19. The Kier molecular flexibility index (Phi) is 6.81. The third-order valence-corrected chi connectivity index (χ3v) is 3.41. The van der Waals surface area contributed by atoms with Crippen LogP contribution in [0.1, 0.15) is 32.6 Å². The molecule has 4 atom stereocenters. The molecule has 1 aliphatic rings. The fourth-order valence-corrected chi connectivity index (χ4v) is 2.19. The largest absolute Gasteiger partial charge is 0.392 e. The molecule has 18 heavy (non-hydrogen) atoms. The second-order valence-electron chi connectivity index (χ2n) is 4.87. The molecule has 106 valence electrons. The van der Waals surface area contributed by atoms with Crippen molar-refractivity contribution in [3.05, 3.63) is 11.6 Å². The van der Waals surface area contributed by atoms with Crippen molar-refractivity contribution in [1.29, 1.82) is 0 Å². The van der Waals surface area contributed by atoms with Gasteiger partial charge in [0.25, 0.3) is 0 Å². The van der Waals surface area contributed by atoms with Crippen molar-refractivity contribution < 1.29 is 20.4 Å². The minimum absolute atomic E-state index is 0.307. The molecule has 0 saturated carbocycles. The van der Waals surface area contributed by atoms with Crippen LogP contribution in [0.5, 0.6) is 0 Å². The molecule has 5 nitrogen and oxygen atoms in total. The zero-order chi connectivity index (χ0) is 13.5. The molecule has 0 fully saturated rings. The van der Waals surface area contributed by atoms with Gasteiger partial charge in [-0.3, -0.25) is 0 Å². The first kappa shape index (κ1) is 15.6. The molecule has 0 spiro atoms. The van der Waals surface area contributed by atoms with E-state index in [9.17, 15) is 15.3 Å². The maximum Gasteiger partial charge on any atom is 0.111 e. The Balaban J connectivity index is 2.45. The maximum atomic E-state index is 9.83. The number of rotatable bonds is 7. The number of hydrogen-bond donors (Lipinski definition) is 5. The van der Waals surface area contributed by atoms with E-state index in [1.165, 1.54) is 12.8 Å². The Morgan fingerprint density at radius 1 is 1.11 bits per heavy atom. The van der Waals surface area contributed by atoms with E-state index in [2.05, 4.69) is 12.2 Å². The van der Waals surface area contributed by atoms with Crippen molar-refractivity contribution in [2.45, 2.75) is 57.0 Å². The lowest BCUT2D eigenvalue weighted by Crippen LogP contribution is -2.54. The van der Waals surface area contributed by atoms with Crippen LogP contribution in [0.2, 0.25) is 0 Å². The van der Waals surface area contributed by atoms with E-state index in [4.69, 9.17) is 5.11 Å². The zero-order valence-electron chi connectivity index (χ0n) is 10.9. The quantitative estimate of drug-likeness (QED) is 0.315. The maximum absolute atomic E-state index is 9.83. The Labute approximate surface area is 108 Å². The predicted molar refractivity (Wildman–Crippen MR) is 69.1 cm³/mol. The lowest BCUT2D eigenvalue weighted by atomic mass is 9.88. The zero-order valence-corrected chi connectivity index (χ0v) is 10.9. The number of hydrogen-bond acceptors (Lipinski definition) is 5. The molecule has 0 amide bonds. The Morgan fingerprint density at radius 3 is 2.44 bits per heavy atom. The van der Waals surface area contributed by atoms with E-state index in [-0.39, 0.29) is 6.61 Å². The van der Waals surface area contributed by atoms with E-state index in [0.717, 1.165) is 19.4 Å². The van der Waals surface area contributed by atoms with Gasteiger partial charge in [-0.15, -0.1) is 0 Å². The predicted octanol–water partition coefficient (Wildman–Crippen LogP) is -0.460. The normalized spacial score (nSPS) is 32.4. The molecule has 0 bridgehead atoms. The Morgan fingerprint density at radius 2 is 1.83 bits per heavy atom. The summed E-state index contributed by atoms with van der Waals surface area (Å²) in [5, 5.41) is 41.3. The van der Waals surface area contributed by atoms with Crippen LogP contribution in [-0.4, -0.2) is 57.9 Å². The second-order valence-corrected chi connectivity index (χ2v) is 4.87. The first-order valence-electron chi connectivity index (χ1n) is 6.70. The van der Waals surface area contributed by atoms with Crippen LogP contribution >= 0.6 is 0 Å². The van der Waals surface area contributed by atoms with E-state index in [1.807, 2.05) is 0 Å². The fraction of sp³-hybridized carbons (Fsp3) is 0.846. The number of aliphatic hydroxyl groups is 4. The highest BCUT2D eigenvalue weighted by atomic mass is 16.4. The minimum atomic E-state index is -1.25. The van der Waals surface area contributed by atoms with Crippen LogP contribution in [-0.2, 0) is 0 Å². The van der Waals surface area contributed by atoms with Crippen molar-refractivity contribution in [3.8, 4) is 0 Å². The summed E-state index contributed by atoms with van der Waals surface area (Å²) in [6.45, 7) is 2.59. The average molecular weight is 259 g/mol. The van der Waals surface area contributed by atoms with Crippen LogP contribution in [0.25, 0.3) is 0 Å². The van der Waals surface area contributed by atoms with Gasteiger partial charge in [0.15, 0.2) is 0 Å². The Bertz CT molecular complexity index is 270. The summed E-state index contributed by atoms with van der Waals surface area (Å²) < 4.78 is 0. The number of unbranched alkanes of at least 4 members (excludes halogenated alkanes) is 3. The summed E-state index contributed by atoms with van der Waals surface area (Å²) in [5.41, 5.74) is 0.360. The van der Waals surface area contributed by atoms with Gasteiger partial charge in [0.05, 0.1) is 12.6 Å². The molecule has 5 N–H and O–H groups in total. The number of aliphatic hydroxyl groups excluding tert-OH is 4. The number of nitrogens with one attached hydrogen (secondary N) is 1. The van der Waals surface area contributed by atoms with Crippen molar-refractivity contribution in [2.75, 3.05) is 13.2 Å². The standard InChI is InChI=1S/C13H25NO4/c1-2-3-4-5-6-14-10-7-9(8-15)11(16)13(18)12(10)17/h7,10-18H,2-6,8H2,1H3/t10-,11-,12?,13+/m1/s1. The smallest absolute Gasteiger partial charge is 0.111 e. The summed E-state index contributed by atoms with van der Waals surface area (Å²) in [5.74, 6) is 0. The topological polar surface area (TPSA) is 93.0 Å². The highest BCUT2D eigenvalue weighted by Crippen LogP contribution is 2.20. The summed E-state index contributed by atoms with van der Waals surface area (Å²) in [4.78, 5) is 0. The lowest BCUT2D eigenvalue weighted by Gasteiger charge is -2.34. The average Bonchev–Trinajstić information content (AvgIpc) is 2.38. The highest BCUT2D eigenvalue weighted by molar-refractivity contribution is 5.21. The summed E-state index contributed by atoms with van der Waals surface area (Å²) in [6.07, 6.45) is 2.66. The van der Waals surface area contributed by atoms with E-state index in [0.29, 0.717) is 5.57 Å². The van der Waals surface area contributed by atoms with Gasteiger partial charge in [-0.05, 0) is 18.5 Å². The van der Waals surface area contributed by atoms with Crippen molar-refractivity contribution in [2.24, 2.45) is 0 Å². The summed E-state index contributed by atoms with van der Waals surface area (Å²) in [6, 6.07) is -0.410. The molecular formula is C13H25NO4. The molecular weight excluding hydrogens is 234 g/mol. The second kappa shape index (κ2) is 7.86. The van der Waals surface area contributed by atoms with Gasteiger partial charge >= 0.3 is 0 Å². The lowest BCUT2D eigenvalue weighted by molar-refractivity contribution is -0.0641. The van der Waals surface area contributed by atoms with E-state index >= 15 is 0 Å². The molecule has 0 heterocycles. The summed E-state index contributed by atoms with van der Waals surface area (Å²) in [7, 11) is 0. The van der Waals surface area contributed by atoms with Gasteiger partial charge in [-0.25, -0.2) is 0 Å². The molecule has 1 rings (SSSR count). The van der Waals surface area contributed by atoms with Gasteiger partial charge in [-0.2, -0.15) is 0 Å². The molecule has 5 heteroatoms. The van der Waals surface area contributed by atoms with Gasteiger partial charge in [0.1, 0.15) is 18.3 Å². The molecule has 1 unspecified atom stereocenters. The molecule has 0 aromatic rings. The van der Waals surface area contributed by atoms with E-state index < -0.39 is 24.4 Å². The molecule has 0 saturated heterocycles. The van der Waals surface area contributed by atoms with Gasteiger partial charge in [0, 0.05) is 0 Å². The Hall–Kier alpha value is -0.460. The third kappa shape index (κ3) is 4.03. The van der Waals surface area contributed by atoms with Crippen LogP contribution in [0.3, 0.4) is 0 Å². The van der Waals surface area contributed by atoms with Gasteiger partial charge < -0.3 is 25.7 Å². The first-order valence-corrected chi connectivity index (χ1v) is 6.70. The molecule has 0 radical (unpaired) electrons. The minimum Gasteiger partial charge on any atom is -0.392 e. The highest BCUT2D eigenvalue weighted by Gasteiger charge is 2.36. The van der Waals surface area contributed by atoms with Crippen LogP contribution in [0, 0.1) is 0 Å². The van der Waals surface area contributed by atoms with Crippen LogP contribution < -0.4 is 5.32 Å². The molecule has 0 aromatic carbocycles. The van der Waals surface area contributed by atoms with Crippen molar-refractivity contribution >= 4 is 0 Å². The van der Waals surface area contributed by atoms with Crippen LogP contribution in [0.4, 0.5) is 0 Å². The first-order chi connectivity index (χ1) is 8.61. The van der Waals surface area contributed by atoms with Crippen LogP contribution in [0.15, 0.2) is 11.6 Å². The third-order valence-electron chi connectivity index (χ3n) is 3.41. The molecule has 0 aromatic heterocycles. The monoisotopic (exact) mass is 259 g/mol. The summed E-state index contributed by atoms with van der Waals surface area (Å²) >= 11 is 0. The molecule has 1 aliphatic carbocycles. The molecule has 0 aliphatic heterocycles. The van der Waals surface area contributed by atoms with Crippen molar-refractivity contribution in [3.63, 3.8) is 0 Å².